The van der Waals surface area contributed by atoms with Crippen molar-refractivity contribution in [2.24, 2.45) is 0 Å². The third kappa shape index (κ3) is 1.87. The van der Waals surface area contributed by atoms with Gasteiger partial charge in [0.25, 0.3) is 0 Å². The summed E-state index contributed by atoms with van der Waals surface area (Å²) in [5.41, 5.74) is 2.87. The Morgan fingerprint density at radius 2 is 2.00 bits per heavy atom. The summed E-state index contributed by atoms with van der Waals surface area (Å²) >= 11 is 0. The molecule has 0 N–H and O–H groups in total. The van der Waals surface area contributed by atoms with Gasteiger partial charge < -0.3 is 0 Å². The van der Waals surface area contributed by atoms with E-state index in [-0.39, 0.29) is 0 Å². The number of nitrogens with zero attached hydrogens (tertiary/aromatic N) is 3. The van der Waals surface area contributed by atoms with Gasteiger partial charge in [0.15, 0.2) is 5.65 Å². The number of fused-ring (bicyclic) bond motifs is 1. The zero-order valence-corrected chi connectivity index (χ0v) is 8.27. The number of unbranched alkanes of at least 4 members (excludes halogenated alkanes) is 1. The number of hydrogen-bond acceptors (Lipinski definition) is 3. The highest BCUT2D eigenvalue weighted by Gasteiger charge is 1.98. The molecule has 2 heterocycles. The standard InChI is InChI=1S/C11H13N3/c1-2-3-4-9-7-10-11(14-8-9)13-6-5-12-10/h5-8H,2-4H2,1H3. The molecule has 0 atom stereocenters. The van der Waals surface area contributed by atoms with Gasteiger partial charge in [-0.2, -0.15) is 0 Å². The minimum atomic E-state index is 0.729. The Kier molecular flexibility index (Phi) is 2.68. The van der Waals surface area contributed by atoms with Crippen LogP contribution in [-0.4, -0.2) is 15.0 Å². The van der Waals surface area contributed by atoms with Crippen molar-refractivity contribution in [2.75, 3.05) is 0 Å². The molecule has 0 radical (unpaired) electrons. The molecule has 0 aliphatic rings. The fraction of sp³-hybridized carbons (Fsp3) is 0.364. The van der Waals surface area contributed by atoms with E-state index < -0.39 is 0 Å². The van der Waals surface area contributed by atoms with Crippen LogP contribution in [0, 0.1) is 0 Å². The van der Waals surface area contributed by atoms with E-state index in [2.05, 4.69) is 27.9 Å². The Morgan fingerprint density at radius 3 is 2.86 bits per heavy atom. The number of pyridine rings is 1. The number of aryl methyl sites for hydroxylation is 1. The third-order valence-corrected chi connectivity index (χ3v) is 2.20. The molecule has 0 bridgehead atoms. The van der Waals surface area contributed by atoms with Crippen LogP contribution in [0.4, 0.5) is 0 Å². The van der Waals surface area contributed by atoms with Crippen LogP contribution in [0.3, 0.4) is 0 Å². The maximum Gasteiger partial charge on any atom is 0.178 e. The molecule has 0 spiro atoms. The van der Waals surface area contributed by atoms with Gasteiger partial charge in [-0.1, -0.05) is 13.3 Å². The lowest BCUT2D eigenvalue weighted by atomic mass is 10.1. The van der Waals surface area contributed by atoms with E-state index in [1.54, 1.807) is 12.4 Å². The van der Waals surface area contributed by atoms with Gasteiger partial charge in [-0.15, -0.1) is 0 Å². The van der Waals surface area contributed by atoms with Crippen LogP contribution in [-0.2, 0) is 6.42 Å². The van der Waals surface area contributed by atoms with Gasteiger partial charge in [-0.3, -0.25) is 4.98 Å². The largest absolute Gasteiger partial charge is 0.251 e. The molecule has 0 aliphatic carbocycles. The molecule has 0 unspecified atom stereocenters. The molecule has 0 saturated carbocycles. The molecule has 2 aromatic rings. The van der Waals surface area contributed by atoms with Crippen molar-refractivity contribution in [1.29, 1.82) is 0 Å². The lowest BCUT2D eigenvalue weighted by molar-refractivity contribution is 0.793. The molecule has 3 nitrogen and oxygen atoms in total. The van der Waals surface area contributed by atoms with Crippen LogP contribution in [0.25, 0.3) is 11.2 Å². The van der Waals surface area contributed by atoms with E-state index in [4.69, 9.17) is 0 Å². The summed E-state index contributed by atoms with van der Waals surface area (Å²) in [6, 6.07) is 2.07. The Bertz CT molecular complexity index is 426. The molecule has 0 fully saturated rings. The van der Waals surface area contributed by atoms with Crippen LogP contribution in [0.5, 0.6) is 0 Å². The monoisotopic (exact) mass is 187 g/mol. The highest BCUT2D eigenvalue weighted by Crippen LogP contribution is 2.09. The summed E-state index contributed by atoms with van der Waals surface area (Å²) in [6.45, 7) is 2.19. The number of hydrogen-bond donors (Lipinski definition) is 0. The van der Waals surface area contributed by atoms with E-state index in [0.717, 1.165) is 17.6 Å². The molecule has 14 heavy (non-hydrogen) atoms. The Labute approximate surface area is 83.2 Å². The normalized spacial score (nSPS) is 10.6. The molecule has 0 saturated heterocycles. The predicted octanol–water partition coefficient (Wildman–Crippen LogP) is 2.37. The number of aromatic nitrogens is 3. The van der Waals surface area contributed by atoms with E-state index >= 15 is 0 Å². The van der Waals surface area contributed by atoms with Crippen molar-refractivity contribution >= 4 is 11.2 Å². The Balaban J connectivity index is 2.32. The second-order valence-electron chi connectivity index (χ2n) is 3.35. The predicted molar refractivity (Wildman–Crippen MR) is 55.9 cm³/mol. The van der Waals surface area contributed by atoms with Crippen molar-refractivity contribution in [3.8, 4) is 0 Å². The topological polar surface area (TPSA) is 38.7 Å². The molecule has 2 aromatic heterocycles. The first kappa shape index (κ1) is 9.06. The quantitative estimate of drug-likeness (QED) is 0.740. The highest BCUT2D eigenvalue weighted by atomic mass is 14.9. The minimum Gasteiger partial charge on any atom is -0.251 e. The van der Waals surface area contributed by atoms with Crippen molar-refractivity contribution in [3.05, 3.63) is 30.2 Å². The van der Waals surface area contributed by atoms with Crippen molar-refractivity contribution in [1.82, 2.24) is 15.0 Å². The van der Waals surface area contributed by atoms with Gasteiger partial charge in [0, 0.05) is 18.6 Å². The van der Waals surface area contributed by atoms with E-state index in [1.165, 1.54) is 18.4 Å². The van der Waals surface area contributed by atoms with Crippen molar-refractivity contribution < 1.29 is 0 Å². The summed E-state index contributed by atoms with van der Waals surface area (Å²) in [6.07, 6.45) is 8.75. The first-order valence-corrected chi connectivity index (χ1v) is 4.96. The SMILES string of the molecule is CCCCc1cnc2nccnc2c1. The second-order valence-corrected chi connectivity index (χ2v) is 3.35. The van der Waals surface area contributed by atoms with Gasteiger partial charge >= 0.3 is 0 Å². The van der Waals surface area contributed by atoms with Gasteiger partial charge in [0.05, 0.1) is 0 Å². The lowest BCUT2D eigenvalue weighted by Gasteiger charge is -2.00. The summed E-state index contributed by atoms with van der Waals surface area (Å²) in [7, 11) is 0. The first-order chi connectivity index (χ1) is 6.90. The van der Waals surface area contributed by atoms with Crippen LogP contribution < -0.4 is 0 Å². The molecule has 72 valence electrons. The Morgan fingerprint density at radius 1 is 1.14 bits per heavy atom. The lowest BCUT2D eigenvalue weighted by Crippen LogP contribution is -1.90. The summed E-state index contributed by atoms with van der Waals surface area (Å²) in [4.78, 5) is 12.6. The maximum atomic E-state index is 4.26. The smallest absolute Gasteiger partial charge is 0.178 e. The third-order valence-electron chi connectivity index (χ3n) is 2.20. The zero-order chi connectivity index (χ0) is 9.80. The fourth-order valence-electron chi connectivity index (χ4n) is 1.42. The van der Waals surface area contributed by atoms with Gasteiger partial charge in [0.1, 0.15) is 5.52 Å². The summed E-state index contributed by atoms with van der Waals surface area (Å²) < 4.78 is 0. The highest BCUT2D eigenvalue weighted by molar-refractivity contribution is 5.69. The molecule has 0 amide bonds. The van der Waals surface area contributed by atoms with Crippen molar-refractivity contribution in [3.63, 3.8) is 0 Å². The summed E-state index contributed by atoms with van der Waals surface area (Å²) in [5, 5.41) is 0. The average molecular weight is 187 g/mol. The first-order valence-electron chi connectivity index (χ1n) is 4.96. The number of rotatable bonds is 3. The molecule has 3 heteroatoms. The van der Waals surface area contributed by atoms with E-state index in [9.17, 15) is 0 Å². The fourth-order valence-corrected chi connectivity index (χ4v) is 1.42. The molecule has 0 aliphatic heterocycles. The second kappa shape index (κ2) is 4.13. The van der Waals surface area contributed by atoms with Crippen LogP contribution in [0.1, 0.15) is 25.3 Å². The molecule has 2 rings (SSSR count). The minimum absolute atomic E-state index is 0.729. The Hall–Kier alpha value is -1.51. The molecular formula is C11H13N3. The molecule has 0 aromatic carbocycles. The van der Waals surface area contributed by atoms with Gasteiger partial charge in [-0.25, -0.2) is 9.97 Å². The van der Waals surface area contributed by atoms with Crippen molar-refractivity contribution in [2.45, 2.75) is 26.2 Å². The summed E-state index contributed by atoms with van der Waals surface area (Å²) in [5.74, 6) is 0. The average Bonchev–Trinajstić information content (AvgIpc) is 2.26. The van der Waals surface area contributed by atoms with E-state index in [0.29, 0.717) is 0 Å². The molecular weight excluding hydrogens is 174 g/mol. The zero-order valence-electron chi connectivity index (χ0n) is 8.27. The van der Waals surface area contributed by atoms with Gasteiger partial charge in [-0.05, 0) is 24.5 Å². The van der Waals surface area contributed by atoms with Crippen LogP contribution in [0.15, 0.2) is 24.7 Å². The maximum absolute atomic E-state index is 4.26. The van der Waals surface area contributed by atoms with E-state index in [1.807, 2.05) is 6.20 Å². The van der Waals surface area contributed by atoms with Crippen LogP contribution in [0.2, 0.25) is 0 Å². The van der Waals surface area contributed by atoms with Gasteiger partial charge in [0.2, 0.25) is 0 Å². The van der Waals surface area contributed by atoms with Crippen LogP contribution >= 0.6 is 0 Å².